The summed E-state index contributed by atoms with van der Waals surface area (Å²) in [5.41, 5.74) is 2.42. The summed E-state index contributed by atoms with van der Waals surface area (Å²) in [7, 11) is 0. The van der Waals surface area contributed by atoms with Gasteiger partial charge in [0, 0.05) is 15.8 Å². The maximum Gasteiger partial charge on any atom is 0.0406 e. The molecule has 0 saturated carbocycles. The highest BCUT2D eigenvalue weighted by Crippen LogP contribution is 2.18. The molecule has 0 bridgehead atoms. The zero-order valence-electron chi connectivity index (χ0n) is 9.64. The van der Waals surface area contributed by atoms with Crippen molar-refractivity contribution in [2.45, 2.75) is 5.75 Å². The van der Waals surface area contributed by atoms with Gasteiger partial charge < -0.3 is 0 Å². The van der Waals surface area contributed by atoms with Crippen molar-refractivity contribution in [3.63, 3.8) is 0 Å². The molecule has 0 aliphatic carbocycles. The number of hydrogen-bond donors (Lipinski definition) is 0. The molecular weight excluding hydrogens is 283 g/mol. The van der Waals surface area contributed by atoms with Gasteiger partial charge in [0.05, 0.1) is 0 Å². The predicted octanol–water partition coefficient (Wildman–Crippen LogP) is 5.90. The van der Waals surface area contributed by atoms with E-state index in [9.17, 15) is 0 Å². The van der Waals surface area contributed by atoms with Crippen LogP contribution in [-0.2, 0) is 5.75 Å². The van der Waals surface area contributed by atoms with Crippen LogP contribution in [-0.4, -0.2) is 0 Å². The van der Waals surface area contributed by atoms with Crippen molar-refractivity contribution in [1.82, 2.24) is 0 Å². The fourth-order valence-corrected chi connectivity index (χ4v) is 2.41. The zero-order valence-corrected chi connectivity index (χ0v) is 12.0. The molecule has 18 heavy (non-hydrogen) atoms. The lowest BCUT2D eigenvalue weighted by atomic mass is 10.2. The van der Waals surface area contributed by atoms with Gasteiger partial charge in [0.1, 0.15) is 0 Å². The number of halogens is 2. The predicted molar refractivity (Wildman–Crippen MR) is 83.2 cm³/mol. The highest BCUT2D eigenvalue weighted by atomic mass is 35.5. The molecule has 2 aromatic rings. The van der Waals surface area contributed by atoms with E-state index < -0.39 is 0 Å². The SMILES string of the molecule is Clc1ccc(/C=C/SCc2ccc(Cl)cc2)cc1. The minimum absolute atomic E-state index is 0.765. The van der Waals surface area contributed by atoms with E-state index in [-0.39, 0.29) is 0 Å². The lowest BCUT2D eigenvalue weighted by Crippen LogP contribution is -1.77. The fourth-order valence-electron chi connectivity index (χ4n) is 1.43. The third-order valence-corrected chi connectivity index (χ3v) is 3.72. The summed E-state index contributed by atoms with van der Waals surface area (Å²) in [5, 5.41) is 3.64. The molecule has 0 aliphatic rings. The van der Waals surface area contributed by atoms with Crippen molar-refractivity contribution >= 4 is 41.0 Å². The first kappa shape index (κ1) is 13.5. The van der Waals surface area contributed by atoms with Gasteiger partial charge in [-0.25, -0.2) is 0 Å². The second kappa shape index (κ2) is 6.89. The van der Waals surface area contributed by atoms with Crippen LogP contribution in [0.4, 0.5) is 0 Å². The Balaban J connectivity index is 1.84. The smallest absolute Gasteiger partial charge is 0.0406 e. The highest BCUT2D eigenvalue weighted by molar-refractivity contribution is 8.01. The molecule has 0 saturated heterocycles. The number of benzene rings is 2. The Morgan fingerprint density at radius 3 is 2.00 bits per heavy atom. The van der Waals surface area contributed by atoms with E-state index in [4.69, 9.17) is 23.2 Å². The Hall–Kier alpha value is -0.890. The van der Waals surface area contributed by atoms with Crippen LogP contribution >= 0.6 is 35.0 Å². The summed E-state index contributed by atoms with van der Waals surface area (Å²) in [5.74, 6) is 0.946. The van der Waals surface area contributed by atoms with Gasteiger partial charge in [0.2, 0.25) is 0 Å². The molecule has 0 fully saturated rings. The van der Waals surface area contributed by atoms with E-state index in [2.05, 4.69) is 11.5 Å². The van der Waals surface area contributed by atoms with Crippen LogP contribution in [0.15, 0.2) is 53.9 Å². The van der Waals surface area contributed by atoms with Gasteiger partial charge in [-0.05, 0) is 46.9 Å². The van der Waals surface area contributed by atoms with Crippen molar-refractivity contribution in [3.8, 4) is 0 Å². The fraction of sp³-hybridized carbons (Fsp3) is 0.0667. The molecule has 2 aromatic carbocycles. The summed E-state index contributed by atoms with van der Waals surface area (Å²) in [4.78, 5) is 0. The monoisotopic (exact) mass is 294 g/mol. The van der Waals surface area contributed by atoms with E-state index in [1.165, 1.54) is 5.56 Å². The van der Waals surface area contributed by atoms with E-state index in [0.717, 1.165) is 21.4 Å². The molecule has 0 aliphatic heterocycles. The topological polar surface area (TPSA) is 0 Å². The average Bonchev–Trinajstić information content (AvgIpc) is 2.39. The maximum atomic E-state index is 5.83. The quantitative estimate of drug-likeness (QED) is 0.677. The van der Waals surface area contributed by atoms with Crippen molar-refractivity contribution in [1.29, 1.82) is 0 Å². The van der Waals surface area contributed by atoms with E-state index in [1.807, 2.05) is 48.5 Å². The molecule has 2 rings (SSSR count). The normalized spacial score (nSPS) is 11.0. The minimum Gasteiger partial charge on any atom is -0.129 e. The largest absolute Gasteiger partial charge is 0.129 e. The number of hydrogen-bond acceptors (Lipinski definition) is 1. The Labute approximate surface area is 122 Å². The van der Waals surface area contributed by atoms with Gasteiger partial charge >= 0.3 is 0 Å². The van der Waals surface area contributed by atoms with Crippen LogP contribution in [0.5, 0.6) is 0 Å². The molecule has 3 heteroatoms. The molecule has 0 unspecified atom stereocenters. The van der Waals surface area contributed by atoms with Crippen LogP contribution in [0, 0.1) is 0 Å². The maximum absolute atomic E-state index is 5.83. The van der Waals surface area contributed by atoms with E-state index in [0.29, 0.717) is 0 Å². The molecule has 0 heterocycles. The summed E-state index contributed by atoms with van der Waals surface area (Å²) in [6.45, 7) is 0. The van der Waals surface area contributed by atoms with Gasteiger partial charge in [-0.2, -0.15) is 0 Å². The van der Waals surface area contributed by atoms with Crippen LogP contribution in [0.3, 0.4) is 0 Å². The third-order valence-electron chi connectivity index (χ3n) is 2.39. The molecule has 0 nitrogen and oxygen atoms in total. The molecule has 0 N–H and O–H groups in total. The third kappa shape index (κ3) is 4.41. The average molecular weight is 295 g/mol. The summed E-state index contributed by atoms with van der Waals surface area (Å²) < 4.78 is 0. The first-order valence-corrected chi connectivity index (χ1v) is 7.33. The second-order valence-corrected chi connectivity index (χ2v) is 5.56. The van der Waals surface area contributed by atoms with Crippen LogP contribution in [0.2, 0.25) is 10.0 Å². The molecule has 0 amide bonds. The van der Waals surface area contributed by atoms with Gasteiger partial charge in [-0.3, -0.25) is 0 Å². The zero-order chi connectivity index (χ0) is 12.8. The summed E-state index contributed by atoms with van der Waals surface area (Å²) in [6.07, 6.45) is 2.08. The van der Waals surface area contributed by atoms with Crippen molar-refractivity contribution in [2.75, 3.05) is 0 Å². The molecule has 0 spiro atoms. The van der Waals surface area contributed by atoms with Crippen molar-refractivity contribution < 1.29 is 0 Å². The molecule has 0 aromatic heterocycles. The molecule has 0 radical (unpaired) electrons. The molecule has 0 atom stereocenters. The summed E-state index contributed by atoms with van der Waals surface area (Å²) in [6, 6.07) is 15.7. The van der Waals surface area contributed by atoms with Crippen LogP contribution in [0.25, 0.3) is 6.08 Å². The van der Waals surface area contributed by atoms with Crippen molar-refractivity contribution in [3.05, 3.63) is 75.1 Å². The number of thioether (sulfide) groups is 1. The van der Waals surface area contributed by atoms with Gasteiger partial charge in [-0.1, -0.05) is 47.5 Å². The standard InChI is InChI=1S/C15H12Cl2S/c16-14-5-1-12(2-6-14)9-10-18-11-13-3-7-15(17)8-4-13/h1-10H,11H2/b10-9+. The lowest BCUT2D eigenvalue weighted by molar-refractivity contribution is 1.42. The van der Waals surface area contributed by atoms with Crippen molar-refractivity contribution in [2.24, 2.45) is 0 Å². The molecular formula is C15H12Cl2S. The Bertz CT molecular complexity index is 515. The van der Waals surface area contributed by atoms with Gasteiger partial charge in [-0.15, -0.1) is 11.8 Å². The van der Waals surface area contributed by atoms with Crippen LogP contribution < -0.4 is 0 Å². The first-order valence-electron chi connectivity index (χ1n) is 5.52. The Morgan fingerprint density at radius 2 is 1.39 bits per heavy atom. The van der Waals surface area contributed by atoms with Gasteiger partial charge in [0.15, 0.2) is 0 Å². The first-order chi connectivity index (χ1) is 8.74. The Morgan fingerprint density at radius 1 is 0.833 bits per heavy atom. The number of rotatable bonds is 4. The van der Waals surface area contributed by atoms with E-state index in [1.54, 1.807) is 11.8 Å². The summed E-state index contributed by atoms with van der Waals surface area (Å²) >= 11 is 13.4. The minimum atomic E-state index is 0.765. The van der Waals surface area contributed by atoms with Gasteiger partial charge in [0.25, 0.3) is 0 Å². The lowest BCUT2D eigenvalue weighted by Gasteiger charge is -1.98. The molecule has 92 valence electrons. The van der Waals surface area contributed by atoms with Crippen LogP contribution in [0.1, 0.15) is 11.1 Å². The van der Waals surface area contributed by atoms with E-state index >= 15 is 0 Å². The second-order valence-electron chi connectivity index (χ2n) is 3.79. The Kier molecular flexibility index (Phi) is 5.18. The highest BCUT2D eigenvalue weighted by Gasteiger charge is 1.92.